The molecule has 1 spiro atoms. The van der Waals surface area contributed by atoms with Crippen molar-refractivity contribution in [3.8, 4) is 0 Å². The first-order valence-corrected chi connectivity index (χ1v) is 16.8. The Hall–Kier alpha value is -1.31. The minimum atomic E-state index is -3.59. The maximum atomic E-state index is 12.8. The topological polar surface area (TPSA) is 150 Å². The molecule has 6 aliphatic rings. The van der Waals surface area contributed by atoms with Gasteiger partial charge in [0.05, 0.1) is 68.0 Å². The number of aliphatic hydroxyl groups excluding tert-OH is 2. The van der Waals surface area contributed by atoms with Gasteiger partial charge in [0.25, 0.3) is 0 Å². The Bertz CT molecular complexity index is 1170. The normalized spacial score (nSPS) is 49.5. The highest BCUT2D eigenvalue weighted by atomic mass is 32.2. The fourth-order valence-electron chi connectivity index (χ4n) is 9.64. The zero-order valence-corrected chi connectivity index (χ0v) is 25.1. The third-order valence-corrected chi connectivity index (χ3v) is 12.4. The number of ether oxygens (including phenoxy) is 2. The fraction of sp³-hybridized carbons (Fsp3) is 0.929. The number of hydrogen-bond donors (Lipinski definition) is 4. The molecule has 6 rings (SSSR count). The first kappa shape index (κ1) is 28.8. The van der Waals surface area contributed by atoms with Gasteiger partial charge in [0.2, 0.25) is 15.9 Å². The number of nitrogens with one attached hydrogen (secondary N) is 2. The number of carbonyl (C=O) groups excluding carboxylic acids is 1. The molecule has 3 aliphatic heterocycles. The summed E-state index contributed by atoms with van der Waals surface area (Å²) in [7, 11) is -3.59. The Kier molecular flexibility index (Phi) is 6.91. The van der Waals surface area contributed by atoms with Crippen LogP contribution in [0.4, 0.5) is 0 Å². The zero-order valence-electron chi connectivity index (χ0n) is 24.3. The molecule has 11 nitrogen and oxygen atoms in total. The van der Waals surface area contributed by atoms with Crippen molar-refractivity contribution in [2.45, 2.75) is 89.9 Å². The van der Waals surface area contributed by atoms with Crippen molar-refractivity contribution in [3.63, 3.8) is 0 Å². The lowest BCUT2D eigenvalue weighted by molar-refractivity contribution is -0.324. The fourth-order valence-corrected chi connectivity index (χ4v) is 10.3. The SMILES string of the molecule is CC1CCC2C(C)(C)C(=NN3CCOCC3)C(NS(C)(=O)=O)CC23OC2C(CC13C)C(O)CC1C(=O)NC(O)C12. The molecule has 4 N–H and O–H groups in total. The van der Waals surface area contributed by atoms with E-state index in [2.05, 4.69) is 37.7 Å². The van der Waals surface area contributed by atoms with E-state index in [1.54, 1.807) is 0 Å². The molecule has 0 aromatic carbocycles. The Labute approximate surface area is 237 Å². The predicted molar refractivity (Wildman–Crippen MR) is 147 cm³/mol. The molecule has 226 valence electrons. The van der Waals surface area contributed by atoms with E-state index in [-0.39, 0.29) is 29.1 Å². The van der Waals surface area contributed by atoms with Crippen LogP contribution in [0, 0.1) is 40.4 Å². The van der Waals surface area contributed by atoms with E-state index in [9.17, 15) is 23.4 Å². The van der Waals surface area contributed by atoms with E-state index < -0.39 is 57.4 Å². The van der Waals surface area contributed by atoms with Gasteiger partial charge in [0, 0.05) is 17.3 Å². The number of fused-ring (bicyclic) bond motifs is 3. The van der Waals surface area contributed by atoms with E-state index in [0.717, 1.165) is 18.6 Å². The standard InChI is InChI=1S/C28H46N4O7S/c1-15-6-7-20-26(2,3)23(30-32-8-10-38-11-9-32)18(31-40(5,36)37)14-28(20)27(15,4)13-17-19(33)12-16-21(22(17)39-28)25(35)29-24(16)34/h15-22,25,31,33,35H,6-14H2,1-5H3,(H,29,34). The molecule has 12 heteroatoms. The predicted octanol–water partition coefficient (Wildman–Crippen LogP) is 0.664. The van der Waals surface area contributed by atoms with Gasteiger partial charge in [0.1, 0.15) is 6.23 Å². The lowest BCUT2D eigenvalue weighted by atomic mass is 9.41. The van der Waals surface area contributed by atoms with E-state index in [4.69, 9.17) is 14.6 Å². The van der Waals surface area contributed by atoms with Gasteiger partial charge in [-0.3, -0.25) is 9.80 Å². The van der Waals surface area contributed by atoms with Crippen molar-refractivity contribution in [2.75, 3.05) is 32.6 Å². The van der Waals surface area contributed by atoms with E-state index in [1.807, 2.05) is 5.01 Å². The minimum Gasteiger partial charge on any atom is -0.393 e. The van der Waals surface area contributed by atoms with Gasteiger partial charge in [-0.1, -0.05) is 27.7 Å². The lowest BCUT2D eigenvalue weighted by Crippen LogP contribution is -2.75. The van der Waals surface area contributed by atoms with Crippen molar-refractivity contribution >= 4 is 21.6 Å². The van der Waals surface area contributed by atoms with E-state index in [1.165, 1.54) is 6.26 Å². The summed E-state index contributed by atoms with van der Waals surface area (Å²) in [6.45, 7) is 11.3. The zero-order chi connectivity index (χ0) is 28.8. The summed E-state index contributed by atoms with van der Waals surface area (Å²) in [6.07, 6.45) is 2.24. The highest BCUT2D eigenvalue weighted by Gasteiger charge is 2.72. The molecule has 3 aliphatic carbocycles. The number of amides is 1. The van der Waals surface area contributed by atoms with Gasteiger partial charge in [-0.15, -0.1) is 0 Å². The van der Waals surface area contributed by atoms with Crippen molar-refractivity contribution in [2.24, 2.45) is 45.5 Å². The molecule has 3 heterocycles. The average Bonchev–Trinajstić information content (AvgIpc) is 3.14. The molecule has 0 radical (unpaired) electrons. The number of nitrogens with zero attached hydrogens (tertiary/aromatic N) is 2. The van der Waals surface area contributed by atoms with Crippen LogP contribution in [-0.2, 0) is 24.3 Å². The molecule has 0 aromatic rings. The van der Waals surface area contributed by atoms with E-state index >= 15 is 0 Å². The summed E-state index contributed by atoms with van der Waals surface area (Å²) in [4.78, 5) is 12.7. The molecule has 3 saturated carbocycles. The summed E-state index contributed by atoms with van der Waals surface area (Å²) in [5, 5.41) is 32.0. The van der Waals surface area contributed by atoms with Crippen LogP contribution in [0.5, 0.6) is 0 Å². The number of hydrogen-bond acceptors (Lipinski definition) is 9. The molecule has 11 atom stereocenters. The van der Waals surface area contributed by atoms with Gasteiger partial charge in [-0.2, -0.15) is 5.10 Å². The summed E-state index contributed by atoms with van der Waals surface area (Å²) in [6, 6.07) is -0.581. The van der Waals surface area contributed by atoms with Gasteiger partial charge in [-0.05, 0) is 49.4 Å². The van der Waals surface area contributed by atoms with Gasteiger partial charge < -0.3 is 25.0 Å². The second-order valence-corrected chi connectivity index (χ2v) is 15.9. The lowest BCUT2D eigenvalue weighted by Gasteiger charge is -2.70. The van der Waals surface area contributed by atoms with Gasteiger partial charge >= 0.3 is 0 Å². The van der Waals surface area contributed by atoms with Crippen LogP contribution >= 0.6 is 0 Å². The molecular weight excluding hydrogens is 536 g/mol. The van der Waals surface area contributed by atoms with Crippen molar-refractivity contribution in [1.29, 1.82) is 0 Å². The average molecular weight is 583 g/mol. The molecule has 11 unspecified atom stereocenters. The summed E-state index contributed by atoms with van der Waals surface area (Å²) in [5.74, 6) is -1.11. The van der Waals surface area contributed by atoms with Crippen LogP contribution in [0.2, 0.25) is 0 Å². The number of aliphatic hydroxyl groups is 2. The summed E-state index contributed by atoms with van der Waals surface area (Å²) < 4.78 is 41.3. The largest absolute Gasteiger partial charge is 0.393 e. The van der Waals surface area contributed by atoms with Crippen LogP contribution in [0.25, 0.3) is 0 Å². The third kappa shape index (κ3) is 4.26. The monoisotopic (exact) mass is 582 g/mol. The van der Waals surface area contributed by atoms with Crippen LogP contribution in [0.15, 0.2) is 5.10 Å². The first-order chi connectivity index (χ1) is 18.7. The molecule has 6 fully saturated rings. The van der Waals surface area contributed by atoms with Gasteiger partial charge in [-0.25, -0.2) is 13.1 Å². The molecular formula is C28H46N4O7S. The van der Waals surface area contributed by atoms with Crippen molar-refractivity contribution in [3.05, 3.63) is 0 Å². The third-order valence-electron chi connectivity index (χ3n) is 11.7. The van der Waals surface area contributed by atoms with Crippen LogP contribution in [0.3, 0.4) is 0 Å². The number of carbonyl (C=O) groups is 1. The number of sulfonamides is 1. The van der Waals surface area contributed by atoms with E-state index in [0.29, 0.717) is 45.6 Å². The Morgan fingerprint density at radius 3 is 2.50 bits per heavy atom. The Morgan fingerprint density at radius 1 is 1.12 bits per heavy atom. The summed E-state index contributed by atoms with van der Waals surface area (Å²) >= 11 is 0. The van der Waals surface area contributed by atoms with Crippen LogP contribution in [0.1, 0.15) is 59.8 Å². The molecule has 40 heavy (non-hydrogen) atoms. The molecule has 0 aromatic heterocycles. The molecule has 0 bridgehead atoms. The Balaban J connectivity index is 1.47. The van der Waals surface area contributed by atoms with Crippen LogP contribution < -0.4 is 10.0 Å². The number of rotatable bonds is 3. The Morgan fingerprint density at radius 2 is 1.82 bits per heavy atom. The minimum absolute atomic E-state index is 0.0271. The van der Waals surface area contributed by atoms with Crippen molar-refractivity contribution in [1.82, 2.24) is 15.0 Å². The second kappa shape index (κ2) is 9.60. The number of hydrazone groups is 1. The smallest absolute Gasteiger partial charge is 0.225 e. The highest BCUT2D eigenvalue weighted by Crippen LogP contribution is 2.68. The quantitative estimate of drug-likeness (QED) is 0.379. The maximum Gasteiger partial charge on any atom is 0.225 e. The van der Waals surface area contributed by atoms with Gasteiger partial charge in [0.15, 0.2) is 0 Å². The van der Waals surface area contributed by atoms with Crippen LogP contribution in [-0.4, -0.2) is 97.9 Å². The first-order valence-electron chi connectivity index (χ1n) is 14.9. The maximum absolute atomic E-state index is 12.8. The van der Waals surface area contributed by atoms with Crippen molar-refractivity contribution < 1.29 is 32.9 Å². The molecule has 1 amide bonds. The second-order valence-electron chi connectivity index (χ2n) is 14.1. The summed E-state index contributed by atoms with van der Waals surface area (Å²) in [5.41, 5.74) is -0.792. The molecule has 3 saturated heterocycles. The number of morpholine rings is 1. The highest BCUT2D eigenvalue weighted by molar-refractivity contribution is 7.88.